The molecule has 0 radical (unpaired) electrons. The summed E-state index contributed by atoms with van der Waals surface area (Å²) in [5, 5.41) is 4.60. The van der Waals surface area contributed by atoms with Gasteiger partial charge in [0.05, 0.1) is 13.2 Å². The molecule has 2 saturated heterocycles. The summed E-state index contributed by atoms with van der Waals surface area (Å²) in [7, 11) is 2.01. The van der Waals surface area contributed by atoms with Crippen LogP contribution in [0.1, 0.15) is 65.2 Å². The lowest BCUT2D eigenvalue weighted by Gasteiger charge is -2.46. The highest BCUT2D eigenvalue weighted by Gasteiger charge is 2.45. The third-order valence-electron chi connectivity index (χ3n) is 7.12. The van der Waals surface area contributed by atoms with Crippen LogP contribution in [0.15, 0.2) is 0 Å². The molecule has 1 N–H and O–H groups in total. The van der Waals surface area contributed by atoms with Crippen LogP contribution in [0.3, 0.4) is 0 Å². The molecule has 2 unspecified atom stereocenters. The standard InChI is InChI=1S/C24H42N4O5/c1-18(2)15-21-23(30)27(13-14-29)22(16-26(3)20-9-11-25-12-10-20)28(33-21)24(31)32-17-19-7-5-4-6-8-19/h14,18-22,25H,4-13,15-17H2,1-3H3. The van der Waals surface area contributed by atoms with E-state index in [1.165, 1.54) is 29.2 Å². The highest BCUT2D eigenvalue weighted by molar-refractivity contribution is 5.84. The highest BCUT2D eigenvalue weighted by atomic mass is 16.7. The van der Waals surface area contributed by atoms with Gasteiger partial charge in [0, 0.05) is 12.6 Å². The Labute approximate surface area is 198 Å². The quantitative estimate of drug-likeness (QED) is 0.522. The van der Waals surface area contributed by atoms with Crippen molar-refractivity contribution >= 4 is 18.3 Å². The van der Waals surface area contributed by atoms with Gasteiger partial charge >= 0.3 is 6.09 Å². The van der Waals surface area contributed by atoms with Crippen LogP contribution < -0.4 is 5.32 Å². The summed E-state index contributed by atoms with van der Waals surface area (Å²) in [6.45, 7) is 6.58. The zero-order valence-corrected chi connectivity index (χ0v) is 20.5. The first-order valence-electron chi connectivity index (χ1n) is 12.7. The molecule has 33 heavy (non-hydrogen) atoms. The summed E-state index contributed by atoms with van der Waals surface area (Å²) in [4.78, 5) is 47.6. The maximum absolute atomic E-state index is 13.2. The summed E-state index contributed by atoms with van der Waals surface area (Å²) >= 11 is 0. The van der Waals surface area contributed by atoms with Crippen LogP contribution >= 0.6 is 0 Å². The molecule has 188 valence electrons. The topological polar surface area (TPSA) is 91.4 Å². The van der Waals surface area contributed by atoms with E-state index in [1.54, 1.807) is 0 Å². The van der Waals surface area contributed by atoms with E-state index in [0.717, 1.165) is 45.1 Å². The minimum Gasteiger partial charge on any atom is -0.448 e. The van der Waals surface area contributed by atoms with Crippen molar-refractivity contribution < 1.29 is 24.0 Å². The van der Waals surface area contributed by atoms with Crippen LogP contribution in [0.2, 0.25) is 0 Å². The average molecular weight is 467 g/mol. The lowest BCUT2D eigenvalue weighted by Crippen LogP contribution is -2.66. The van der Waals surface area contributed by atoms with Gasteiger partial charge in [0.2, 0.25) is 0 Å². The Bertz CT molecular complexity index is 649. The van der Waals surface area contributed by atoms with Gasteiger partial charge in [0.1, 0.15) is 12.5 Å². The Hall–Kier alpha value is -1.71. The number of likely N-dealkylation sites (N-methyl/N-ethyl adjacent to an activating group) is 1. The Balaban J connectivity index is 1.76. The summed E-state index contributed by atoms with van der Waals surface area (Å²) < 4.78 is 5.70. The van der Waals surface area contributed by atoms with Gasteiger partial charge in [0.25, 0.3) is 5.91 Å². The summed E-state index contributed by atoms with van der Waals surface area (Å²) in [6, 6.07) is 0.341. The van der Waals surface area contributed by atoms with Gasteiger partial charge in [-0.25, -0.2) is 4.79 Å². The van der Waals surface area contributed by atoms with E-state index < -0.39 is 18.4 Å². The van der Waals surface area contributed by atoms with Crippen LogP contribution in [-0.2, 0) is 19.2 Å². The van der Waals surface area contributed by atoms with Gasteiger partial charge in [-0.3, -0.25) is 14.5 Å². The van der Waals surface area contributed by atoms with Gasteiger partial charge in [-0.05, 0) is 64.1 Å². The zero-order chi connectivity index (χ0) is 23.8. The molecule has 0 aromatic heterocycles. The molecule has 0 spiro atoms. The maximum Gasteiger partial charge on any atom is 0.436 e. The summed E-state index contributed by atoms with van der Waals surface area (Å²) in [6.07, 6.45) is 6.83. The van der Waals surface area contributed by atoms with Crippen LogP contribution in [-0.4, -0.2) is 91.3 Å². The number of amides is 2. The summed E-state index contributed by atoms with van der Waals surface area (Å²) in [5.74, 6) is 0.337. The fourth-order valence-corrected chi connectivity index (χ4v) is 5.17. The molecular formula is C24H42N4O5. The molecule has 9 nitrogen and oxygen atoms in total. The first-order chi connectivity index (χ1) is 15.9. The third-order valence-corrected chi connectivity index (χ3v) is 7.12. The van der Waals surface area contributed by atoms with Crippen molar-refractivity contribution in [2.24, 2.45) is 11.8 Å². The van der Waals surface area contributed by atoms with E-state index in [0.29, 0.717) is 31.5 Å². The number of carbonyl (C=O) groups excluding carboxylic acids is 3. The number of hydrogen-bond acceptors (Lipinski definition) is 7. The maximum atomic E-state index is 13.2. The largest absolute Gasteiger partial charge is 0.448 e. The molecule has 3 rings (SSSR count). The molecule has 0 aromatic carbocycles. The average Bonchev–Trinajstić information content (AvgIpc) is 2.82. The monoisotopic (exact) mass is 466 g/mol. The van der Waals surface area contributed by atoms with Gasteiger partial charge in [-0.2, -0.15) is 5.06 Å². The molecule has 2 heterocycles. The van der Waals surface area contributed by atoms with Crippen molar-refractivity contribution in [3.63, 3.8) is 0 Å². The molecule has 2 amide bonds. The molecular weight excluding hydrogens is 424 g/mol. The number of hydrogen-bond donors (Lipinski definition) is 1. The van der Waals surface area contributed by atoms with E-state index in [2.05, 4.69) is 10.2 Å². The Morgan fingerprint density at radius 1 is 1.21 bits per heavy atom. The molecule has 3 fully saturated rings. The normalized spacial score (nSPS) is 25.7. The first-order valence-corrected chi connectivity index (χ1v) is 12.7. The number of carbonyl (C=O) groups is 3. The fourth-order valence-electron chi connectivity index (χ4n) is 5.17. The van der Waals surface area contributed by atoms with Crippen LogP contribution in [0.5, 0.6) is 0 Å². The molecule has 2 aliphatic heterocycles. The van der Waals surface area contributed by atoms with E-state index in [-0.39, 0.29) is 18.4 Å². The second-order valence-electron chi connectivity index (χ2n) is 10.2. The molecule has 1 aliphatic carbocycles. The van der Waals surface area contributed by atoms with Crippen molar-refractivity contribution in [3.05, 3.63) is 0 Å². The summed E-state index contributed by atoms with van der Waals surface area (Å²) in [5.41, 5.74) is 0. The van der Waals surface area contributed by atoms with Crippen molar-refractivity contribution in [2.45, 2.75) is 83.5 Å². The SMILES string of the molecule is CC(C)CC1ON(C(=O)OCC2CCCCC2)C(CN(C)C2CCNCC2)N(CC=O)C1=O. The van der Waals surface area contributed by atoms with Crippen LogP contribution in [0, 0.1) is 11.8 Å². The van der Waals surface area contributed by atoms with Gasteiger partial charge in [-0.1, -0.05) is 33.1 Å². The Kier molecular flexibility index (Phi) is 9.94. The molecule has 0 bridgehead atoms. The highest BCUT2D eigenvalue weighted by Crippen LogP contribution is 2.27. The molecule has 3 aliphatic rings. The number of ether oxygens (including phenoxy) is 1. The van der Waals surface area contributed by atoms with E-state index in [4.69, 9.17) is 9.57 Å². The molecule has 0 aromatic rings. The Morgan fingerprint density at radius 2 is 1.91 bits per heavy atom. The second kappa shape index (κ2) is 12.7. The predicted octanol–water partition coefficient (Wildman–Crippen LogP) is 2.40. The zero-order valence-electron chi connectivity index (χ0n) is 20.5. The van der Waals surface area contributed by atoms with Gasteiger partial charge < -0.3 is 19.7 Å². The number of piperidine rings is 1. The van der Waals surface area contributed by atoms with E-state index in [1.807, 2.05) is 20.9 Å². The smallest absolute Gasteiger partial charge is 0.436 e. The lowest BCUT2D eigenvalue weighted by atomic mass is 9.90. The van der Waals surface area contributed by atoms with Crippen molar-refractivity contribution in [1.29, 1.82) is 0 Å². The van der Waals surface area contributed by atoms with Crippen molar-refractivity contribution in [3.8, 4) is 0 Å². The molecule has 1 saturated carbocycles. The number of nitrogens with zero attached hydrogens (tertiary/aromatic N) is 3. The molecule has 9 heteroatoms. The minimum atomic E-state index is -0.799. The van der Waals surface area contributed by atoms with E-state index >= 15 is 0 Å². The predicted molar refractivity (Wildman–Crippen MR) is 124 cm³/mol. The third kappa shape index (κ3) is 7.13. The second-order valence-corrected chi connectivity index (χ2v) is 10.2. The van der Waals surface area contributed by atoms with E-state index in [9.17, 15) is 14.4 Å². The van der Waals surface area contributed by atoms with Crippen molar-refractivity contribution in [1.82, 2.24) is 20.2 Å². The van der Waals surface area contributed by atoms with Gasteiger partial charge in [0.15, 0.2) is 6.10 Å². The lowest BCUT2D eigenvalue weighted by molar-refractivity contribution is -0.258. The Morgan fingerprint density at radius 3 is 2.55 bits per heavy atom. The van der Waals surface area contributed by atoms with Crippen LogP contribution in [0.25, 0.3) is 0 Å². The number of nitrogens with one attached hydrogen (secondary N) is 1. The minimum absolute atomic E-state index is 0.0755. The first kappa shape index (κ1) is 25.9. The molecule has 2 atom stereocenters. The van der Waals surface area contributed by atoms with Gasteiger partial charge in [-0.15, -0.1) is 0 Å². The van der Waals surface area contributed by atoms with Crippen LogP contribution in [0.4, 0.5) is 4.79 Å². The number of rotatable bonds is 9. The van der Waals surface area contributed by atoms with Crippen molar-refractivity contribution in [2.75, 3.05) is 39.8 Å². The fraction of sp³-hybridized carbons (Fsp3) is 0.875. The number of hydroxylamine groups is 2. The number of aldehydes is 1.